The summed E-state index contributed by atoms with van der Waals surface area (Å²) in [6.45, 7) is 6.54. The molecule has 0 saturated carbocycles. The first-order valence-electron chi connectivity index (χ1n) is 9.38. The van der Waals surface area contributed by atoms with Gasteiger partial charge in [0.1, 0.15) is 0 Å². The second-order valence-corrected chi connectivity index (χ2v) is 8.19. The number of nitrogens with zero attached hydrogens (tertiary/aromatic N) is 1. The maximum atomic E-state index is 12.3. The largest absolute Gasteiger partial charge is 0.373 e. The minimum absolute atomic E-state index is 0.0546. The number of hydrogen-bond donors (Lipinski definition) is 3. The zero-order valence-corrected chi connectivity index (χ0v) is 16.1. The van der Waals surface area contributed by atoms with Crippen molar-refractivity contribution in [3.63, 3.8) is 0 Å². The molecule has 2 heterocycles. The van der Waals surface area contributed by atoms with Crippen molar-refractivity contribution in [1.29, 1.82) is 0 Å². The van der Waals surface area contributed by atoms with Gasteiger partial charge in [0.05, 0.1) is 18.2 Å². The Hall–Kier alpha value is -2.08. The van der Waals surface area contributed by atoms with E-state index in [2.05, 4.69) is 20.9 Å². The first-order valence-corrected chi connectivity index (χ1v) is 9.38. The number of fused-ring (bicyclic) bond motifs is 2. The molecule has 3 N–H and O–H groups in total. The second kappa shape index (κ2) is 7.66. The molecule has 1 amide bonds. The van der Waals surface area contributed by atoms with Crippen LogP contribution in [0.2, 0.25) is 0 Å². The molecule has 6 nitrogen and oxygen atoms in total. The topological polar surface area (TPSA) is 74.8 Å². The molecule has 2 fully saturated rings. The van der Waals surface area contributed by atoms with E-state index < -0.39 is 0 Å². The van der Waals surface area contributed by atoms with Crippen molar-refractivity contribution >= 4 is 11.9 Å². The Kier molecular flexibility index (Phi) is 5.51. The number of rotatable bonds is 4. The zero-order chi connectivity index (χ0) is 18.7. The van der Waals surface area contributed by atoms with E-state index in [0.717, 1.165) is 24.4 Å². The third-order valence-electron chi connectivity index (χ3n) is 4.79. The SMILES string of the molecule is CN=C(NCc1cccc(C(=O)NC(C)(C)C)c1)NC1CC2CCC1O2. The van der Waals surface area contributed by atoms with Crippen molar-refractivity contribution in [2.75, 3.05) is 7.05 Å². The minimum atomic E-state index is -0.250. The highest BCUT2D eigenvalue weighted by atomic mass is 16.5. The maximum Gasteiger partial charge on any atom is 0.251 e. The molecule has 142 valence electrons. The van der Waals surface area contributed by atoms with Crippen LogP contribution in [0.25, 0.3) is 0 Å². The molecule has 0 aliphatic carbocycles. The minimum Gasteiger partial charge on any atom is -0.373 e. The Morgan fingerprint density at radius 2 is 2.12 bits per heavy atom. The van der Waals surface area contributed by atoms with Gasteiger partial charge in [0, 0.05) is 24.7 Å². The van der Waals surface area contributed by atoms with E-state index in [1.807, 2.05) is 45.0 Å². The number of amides is 1. The average molecular weight is 358 g/mol. The Morgan fingerprint density at radius 1 is 1.31 bits per heavy atom. The van der Waals surface area contributed by atoms with Gasteiger partial charge in [0.15, 0.2) is 5.96 Å². The molecule has 1 aromatic carbocycles. The summed E-state index contributed by atoms with van der Waals surface area (Å²) in [6, 6.07) is 8.01. The van der Waals surface area contributed by atoms with E-state index in [1.165, 1.54) is 6.42 Å². The van der Waals surface area contributed by atoms with Crippen molar-refractivity contribution < 1.29 is 9.53 Å². The van der Waals surface area contributed by atoms with E-state index in [0.29, 0.717) is 30.4 Å². The van der Waals surface area contributed by atoms with Crippen LogP contribution in [0.15, 0.2) is 29.3 Å². The molecular formula is C20H30N4O2. The molecule has 2 saturated heterocycles. The monoisotopic (exact) mass is 358 g/mol. The molecule has 3 rings (SSSR count). The lowest BCUT2D eigenvalue weighted by atomic mass is 9.96. The lowest BCUT2D eigenvalue weighted by Gasteiger charge is -2.23. The van der Waals surface area contributed by atoms with Crippen molar-refractivity contribution in [1.82, 2.24) is 16.0 Å². The molecule has 2 aliphatic heterocycles. The van der Waals surface area contributed by atoms with Crippen molar-refractivity contribution in [2.24, 2.45) is 4.99 Å². The van der Waals surface area contributed by atoms with E-state index in [9.17, 15) is 4.79 Å². The summed E-state index contributed by atoms with van der Waals surface area (Å²) in [5, 5.41) is 9.80. The molecule has 3 unspecified atom stereocenters. The molecule has 26 heavy (non-hydrogen) atoms. The van der Waals surface area contributed by atoms with E-state index in [1.54, 1.807) is 7.05 Å². The van der Waals surface area contributed by atoms with Gasteiger partial charge in [-0.05, 0) is 57.7 Å². The number of nitrogens with one attached hydrogen (secondary N) is 3. The summed E-state index contributed by atoms with van der Waals surface area (Å²) < 4.78 is 5.89. The summed E-state index contributed by atoms with van der Waals surface area (Å²) in [6.07, 6.45) is 4.08. The molecule has 3 atom stereocenters. The summed E-state index contributed by atoms with van der Waals surface area (Å²) in [4.78, 5) is 16.6. The van der Waals surface area contributed by atoms with Crippen LogP contribution < -0.4 is 16.0 Å². The fraction of sp³-hybridized carbons (Fsp3) is 0.600. The molecule has 2 bridgehead atoms. The highest BCUT2D eigenvalue weighted by Gasteiger charge is 2.41. The summed E-state index contributed by atoms with van der Waals surface area (Å²) in [5.41, 5.74) is 1.46. The van der Waals surface area contributed by atoms with Crippen LogP contribution in [-0.2, 0) is 11.3 Å². The van der Waals surface area contributed by atoms with Gasteiger partial charge < -0.3 is 20.7 Å². The number of ether oxygens (including phenoxy) is 1. The molecule has 0 radical (unpaired) electrons. The highest BCUT2D eigenvalue weighted by Crippen LogP contribution is 2.34. The van der Waals surface area contributed by atoms with Crippen LogP contribution >= 0.6 is 0 Å². The number of guanidine groups is 1. The highest BCUT2D eigenvalue weighted by molar-refractivity contribution is 5.94. The van der Waals surface area contributed by atoms with Crippen LogP contribution in [0, 0.1) is 0 Å². The number of carbonyl (C=O) groups is 1. The summed E-state index contributed by atoms with van der Waals surface area (Å²) >= 11 is 0. The Bertz CT molecular complexity index is 681. The fourth-order valence-electron chi connectivity index (χ4n) is 3.58. The average Bonchev–Trinajstić information content (AvgIpc) is 3.20. The van der Waals surface area contributed by atoms with Gasteiger partial charge in [-0.3, -0.25) is 9.79 Å². The van der Waals surface area contributed by atoms with Gasteiger partial charge in [-0.15, -0.1) is 0 Å². The Labute approximate surface area is 155 Å². The standard InChI is InChI=1S/C20H30N4O2/c1-20(2,3)24-18(25)14-7-5-6-13(10-14)12-22-19(21-4)23-16-11-15-8-9-17(16)26-15/h5-7,10,15-17H,8-9,11-12H2,1-4H3,(H,24,25)(H2,21,22,23). The second-order valence-electron chi connectivity index (χ2n) is 8.19. The fourth-order valence-corrected chi connectivity index (χ4v) is 3.58. The molecule has 2 aliphatic rings. The quantitative estimate of drug-likeness (QED) is 0.570. The lowest BCUT2D eigenvalue weighted by molar-refractivity contribution is 0.0919. The molecule has 6 heteroatoms. The number of aliphatic imine (C=N–C) groups is 1. The summed E-state index contributed by atoms with van der Waals surface area (Å²) in [5.74, 6) is 0.719. The van der Waals surface area contributed by atoms with Crippen molar-refractivity contribution in [2.45, 2.75) is 70.4 Å². The number of benzene rings is 1. The molecule has 0 aromatic heterocycles. The van der Waals surface area contributed by atoms with Gasteiger partial charge in [-0.2, -0.15) is 0 Å². The van der Waals surface area contributed by atoms with Crippen molar-refractivity contribution in [3.05, 3.63) is 35.4 Å². The number of carbonyl (C=O) groups excluding carboxylic acids is 1. The number of hydrogen-bond acceptors (Lipinski definition) is 3. The van der Waals surface area contributed by atoms with Gasteiger partial charge in [0.2, 0.25) is 0 Å². The van der Waals surface area contributed by atoms with Crippen LogP contribution in [0.4, 0.5) is 0 Å². The Balaban J connectivity index is 1.55. The predicted octanol–water partition coefficient (Wildman–Crippen LogP) is 2.20. The molecular weight excluding hydrogens is 328 g/mol. The predicted molar refractivity (Wildman–Crippen MR) is 103 cm³/mol. The van der Waals surface area contributed by atoms with Gasteiger partial charge in [0.25, 0.3) is 5.91 Å². The molecule has 0 spiro atoms. The molecule has 1 aromatic rings. The van der Waals surface area contributed by atoms with Gasteiger partial charge >= 0.3 is 0 Å². The van der Waals surface area contributed by atoms with Crippen LogP contribution in [-0.4, -0.2) is 42.7 Å². The first-order chi connectivity index (χ1) is 12.3. The van der Waals surface area contributed by atoms with Crippen LogP contribution in [0.3, 0.4) is 0 Å². The van der Waals surface area contributed by atoms with Gasteiger partial charge in [-0.1, -0.05) is 12.1 Å². The third kappa shape index (κ3) is 4.75. The lowest BCUT2D eigenvalue weighted by Crippen LogP contribution is -2.47. The smallest absolute Gasteiger partial charge is 0.251 e. The van der Waals surface area contributed by atoms with Crippen LogP contribution in [0.5, 0.6) is 0 Å². The Morgan fingerprint density at radius 3 is 2.73 bits per heavy atom. The summed E-state index contributed by atoms with van der Waals surface area (Å²) in [7, 11) is 1.77. The van der Waals surface area contributed by atoms with E-state index in [4.69, 9.17) is 4.74 Å². The maximum absolute atomic E-state index is 12.3. The normalized spacial score (nSPS) is 25.2. The van der Waals surface area contributed by atoms with E-state index >= 15 is 0 Å². The van der Waals surface area contributed by atoms with Crippen molar-refractivity contribution in [3.8, 4) is 0 Å². The van der Waals surface area contributed by atoms with E-state index in [-0.39, 0.29) is 11.4 Å². The van der Waals surface area contributed by atoms with Crippen LogP contribution in [0.1, 0.15) is 56.0 Å². The van der Waals surface area contributed by atoms with Gasteiger partial charge in [-0.25, -0.2) is 0 Å². The third-order valence-corrected chi connectivity index (χ3v) is 4.79. The first kappa shape index (κ1) is 18.7. The zero-order valence-electron chi connectivity index (χ0n) is 16.1.